The van der Waals surface area contributed by atoms with E-state index in [1.165, 1.54) is 22.0 Å². The molecule has 0 atom stereocenters. The Balaban J connectivity index is 0.00000147. The number of benzene rings is 1. The lowest BCUT2D eigenvalue weighted by Crippen LogP contribution is -3.00. The minimum Gasteiger partial charge on any atom is -1.00 e. The molecule has 0 aliphatic rings. The highest BCUT2D eigenvalue weighted by molar-refractivity contribution is 5.91. The van der Waals surface area contributed by atoms with Crippen molar-refractivity contribution in [3.05, 3.63) is 66.1 Å². The fourth-order valence-electron chi connectivity index (χ4n) is 2.32. The molecular weight excluding hydrogens is 268 g/mol. The monoisotopic (exact) mass is 284 g/mol. The zero-order valence-corrected chi connectivity index (χ0v) is 12.4. The predicted molar refractivity (Wildman–Crippen MR) is 79.5 cm³/mol. The Morgan fingerprint density at radius 1 is 1.00 bits per heavy atom. The van der Waals surface area contributed by atoms with Crippen LogP contribution in [0.15, 0.2) is 55.0 Å². The first-order valence-electron chi connectivity index (χ1n) is 6.41. The molecule has 3 heteroatoms. The summed E-state index contributed by atoms with van der Waals surface area (Å²) in [5.74, 6) is 0. The normalized spacial score (nSPS) is 10.9. The molecule has 0 spiro atoms. The van der Waals surface area contributed by atoms with Gasteiger partial charge >= 0.3 is 0 Å². The van der Waals surface area contributed by atoms with Gasteiger partial charge in [0.05, 0.1) is 0 Å². The van der Waals surface area contributed by atoms with Crippen LogP contribution < -0.4 is 17.0 Å². The summed E-state index contributed by atoms with van der Waals surface area (Å²) in [6.07, 6.45) is 10.6. The number of aromatic nitrogens is 2. The van der Waals surface area contributed by atoms with Crippen molar-refractivity contribution in [2.75, 3.05) is 0 Å². The summed E-state index contributed by atoms with van der Waals surface area (Å²) in [5, 5.41) is 1.29. The highest BCUT2D eigenvalue weighted by Gasteiger charge is 2.02. The molecule has 102 valence electrons. The zero-order chi connectivity index (χ0) is 13.2. The molecule has 1 aromatic carbocycles. The molecule has 0 radical (unpaired) electrons. The Labute approximate surface area is 125 Å². The average molecular weight is 285 g/mol. The number of para-hydroxylation sites is 1. The summed E-state index contributed by atoms with van der Waals surface area (Å²) in [4.78, 5) is 0. The Morgan fingerprint density at radius 2 is 1.70 bits per heavy atom. The number of rotatable bonds is 2. The molecule has 0 N–H and O–H groups in total. The van der Waals surface area contributed by atoms with Crippen molar-refractivity contribution >= 4 is 23.1 Å². The number of aryl methyl sites for hydroxylation is 2. The second-order valence-electron chi connectivity index (χ2n) is 4.84. The Morgan fingerprint density at radius 3 is 2.45 bits per heavy atom. The lowest BCUT2D eigenvalue weighted by molar-refractivity contribution is -0.671. The van der Waals surface area contributed by atoms with Gasteiger partial charge in [-0.25, -0.2) is 4.57 Å². The summed E-state index contributed by atoms with van der Waals surface area (Å²) in [7, 11) is 4.11. The third-order valence-electron chi connectivity index (χ3n) is 3.39. The van der Waals surface area contributed by atoms with E-state index in [4.69, 9.17) is 0 Å². The molecule has 20 heavy (non-hydrogen) atoms. The molecule has 2 aromatic heterocycles. The molecule has 0 bridgehead atoms. The first-order chi connectivity index (χ1) is 9.24. The predicted octanol–water partition coefficient (Wildman–Crippen LogP) is 0.177. The van der Waals surface area contributed by atoms with E-state index >= 15 is 0 Å². The van der Waals surface area contributed by atoms with Crippen molar-refractivity contribution in [3.63, 3.8) is 0 Å². The van der Waals surface area contributed by atoms with E-state index in [2.05, 4.69) is 78.8 Å². The number of hydrogen-bond acceptors (Lipinski definition) is 0. The maximum atomic E-state index is 2.18. The molecule has 2 nitrogen and oxygen atoms in total. The van der Waals surface area contributed by atoms with Crippen LogP contribution in [0.5, 0.6) is 0 Å². The van der Waals surface area contributed by atoms with Crippen LogP contribution in [0, 0.1) is 0 Å². The fourth-order valence-corrected chi connectivity index (χ4v) is 2.32. The molecule has 0 aliphatic heterocycles. The number of halogens is 1. The van der Waals surface area contributed by atoms with Gasteiger partial charge in [-0.1, -0.05) is 30.4 Å². The molecule has 0 amide bonds. The number of hydrogen-bond donors (Lipinski definition) is 0. The van der Waals surface area contributed by atoms with Crippen molar-refractivity contribution in [1.29, 1.82) is 0 Å². The van der Waals surface area contributed by atoms with Crippen LogP contribution in [0.25, 0.3) is 23.1 Å². The van der Waals surface area contributed by atoms with E-state index in [1.54, 1.807) is 0 Å². The Hall–Kier alpha value is -2.06. The van der Waals surface area contributed by atoms with Crippen LogP contribution in [0.4, 0.5) is 0 Å². The number of nitrogens with zero attached hydrogens (tertiary/aromatic N) is 2. The number of pyridine rings is 1. The average Bonchev–Trinajstić information content (AvgIpc) is 2.76. The number of fused-ring (bicyclic) bond motifs is 1. The van der Waals surface area contributed by atoms with Gasteiger partial charge < -0.3 is 17.0 Å². The first kappa shape index (κ1) is 14.4. The van der Waals surface area contributed by atoms with Gasteiger partial charge in [0, 0.05) is 36.3 Å². The van der Waals surface area contributed by atoms with E-state index in [1.807, 2.05) is 11.6 Å². The standard InChI is InChI=1S/C17H17N2.ClH/c1-18-11-9-14(10-12-18)7-8-15-13-19(2)17-6-4-3-5-16(15)17;/h3-13H,1-2H3;1H/q+1;/p-1. The molecule has 3 rings (SSSR count). The summed E-state index contributed by atoms with van der Waals surface area (Å²) < 4.78 is 4.20. The van der Waals surface area contributed by atoms with E-state index in [0.717, 1.165) is 0 Å². The quantitative estimate of drug-likeness (QED) is 0.594. The maximum absolute atomic E-state index is 2.18. The summed E-state index contributed by atoms with van der Waals surface area (Å²) in [6, 6.07) is 12.7. The van der Waals surface area contributed by atoms with Crippen molar-refractivity contribution in [2.45, 2.75) is 0 Å². The molecule has 0 unspecified atom stereocenters. The summed E-state index contributed by atoms with van der Waals surface area (Å²) in [5.41, 5.74) is 3.74. The molecule has 2 heterocycles. The highest BCUT2D eigenvalue weighted by Crippen LogP contribution is 2.22. The molecule has 0 aliphatic carbocycles. The SMILES string of the molecule is Cn1cc(/C=C/c2cc[n+](C)cc2)c2ccccc21.[Cl-]. The second-order valence-corrected chi connectivity index (χ2v) is 4.84. The third-order valence-corrected chi connectivity index (χ3v) is 3.39. The van der Waals surface area contributed by atoms with E-state index in [9.17, 15) is 0 Å². The molecule has 0 saturated heterocycles. The van der Waals surface area contributed by atoms with Crippen LogP contribution in [-0.2, 0) is 14.1 Å². The van der Waals surface area contributed by atoms with Gasteiger partial charge in [-0.2, -0.15) is 0 Å². The highest BCUT2D eigenvalue weighted by atomic mass is 35.5. The van der Waals surface area contributed by atoms with Crippen molar-refractivity contribution in [2.24, 2.45) is 14.1 Å². The van der Waals surface area contributed by atoms with Gasteiger partial charge in [0.1, 0.15) is 7.05 Å². The van der Waals surface area contributed by atoms with Crippen LogP contribution in [0.3, 0.4) is 0 Å². The van der Waals surface area contributed by atoms with Gasteiger partial charge in [-0.3, -0.25) is 0 Å². The summed E-state index contributed by atoms with van der Waals surface area (Å²) in [6.45, 7) is 0. The van der Waals surface area contributed by atoms with Crippen LogP contribution in [-0.4, -0.2) is 4.57 Å². The first-order valence-corrected chi connectivity index (χ1v) is 6.41. The molecule has 0 saturated carbocycles. The van der Waals surface area contributed by atoms with Crippen molar-refractivity contribution in [1.82, 2.24) is 4.57 Å². The second kappa shape index (κ2) is 5.93. The largest absolute Gasteiger partial charge is 1.00 e. The Bertz CT molecular complexity index is 739. The fraction of sp³-hybridized carbons (Fsp3) is 0.118. The van der Waals surface area contributed by atoms with Gasteiger partial charge in [-0.15, -0.1) is 0 Å². The van der Waals surface area contributed by atoms with Crippen molar-refractivity contribution in [3.8, 4) is 0 Å². The van der Waals surface area contributed by atoms with E-state index < -0.39 is 0 Å². The minimum absolute atomic E-state index is 0. The van der Waals surface area contributed by atoms with Gasteiger partial charge in [-0.05, 0) is 17.2 Å². The molecular formula is C17H17ClN2. The Kier molecular flexibility index (Phi) is 4.26. The van der Waals surface area contributed by atoms with Gasteiger partial charge in [0.25, 0.3) is 0 Å². The summed E-state index contributed by atoms with van der Waals surface area (Å²) >= 11 is 0. The lowest BCUT2D eigenvalue weighted by atomic mass is 10.1. The van der Waals surface area contributed by atoms with Gasteiger partial charge in [0.15, 0.2) is 12.4 Å². The lowest BCUT2D eigenvalue weighted by Gasteiger charge is -1.93. The zero-order valence-electron chi connectivity index (χ0n) is 11.6. The van der Waals surface area contributed by atoms with Crippen LogP contribution in [0.2, 0.25) is 0 Å². The molecule has 0 fully saturated rings. The van der Waals surface area contributed by atoms with E-state index in [-0.39, 0.29) is 12.4 Å². The third kappa shape index (κ3) is 2.75. The topological polar surface area (TPSA) is 8.81 Å². The van der Waals surface area contributed by atoms with Crippen LogP contribution >= 0.6 is 0 Å². The smallest absolute Gasteiger partial charge is 0.169 e. The maximum Gasteiger partial charge on any atom is 0.169 e. The van der Waals surface area contributed by atoms with Gasteiger partial charge in [0.2, 0.25) is 0 Å². The van der Waals surface area contributed by atoms with Crippen molar-refractivity contribution < 1.29 is 17.0 Å². The minimum atomic E-state index is 0. The molecule has 3 aromatic rings. The van der Waals surface area contributed by atoms with E-state index in [0.29, 0.717) is 0 Å². The van der Waals surface area contributed by atoms with Crippen LogP contribution in [0.1, 0.15) is 11.1 Å².